The van der Waals surface area contributed by atoms with Crippen molar-refractivity contribution in [2.45, 2.75) is 51.2 Å². The number of carbonyl (C=O) groups excluding carboxylic acids is 6. The Bertz CT molecular complexity index is 1300. The summed E-state index contributed by atoms with van der Waals surface area (Å²) >= 11 is 0. The molecule has 1 aliphatic heterocycles. The summed E-state index contributed by atoms with van der Waals surface area (Å²) in [5, 5.41) is 24.8. The number of carbonyl (C=O) groups is 6. The molecule has 0 spiro atoms. The van der Waals surface area contributed by atoms with Crippen molar-refractivity contribution in [1.82, 2.24) is 31.9 Å². The van der Waals surface area contributed by atoms with Crippen LogP contribution in [0.15, 0.2) is 54.6 Å². The van der Waals surface area contributed by atoms with E-state index in [0.717, 1.165) is 5.56 Å². The summed E-state index contributed by atoms with van der Waals surface area (Å²) in [6.45, 7) is 2.33. The van der Waals surface area contributed by atoms with E-state index in [1.807, 2.05) is 19.9 Å². The molecule has 13 heteroatoms. The molecular formula is C30H38N6O7. The number of nitrogens with one attached hydrogen (secondary N) is 6. The molecule has 3 rings (SSSR count). The van der Waals surface area contributed by atoms with Crippen LogP contribution in [-0.2, 0) is 41.6 Å². The largest absolute Gasteiger partial charge is 0.508 e. The molecule has 6 amide bonds. The lowest BCUT2D eigenvalue weighted by atomic mass is 10.0. The molecule has 0 aliphatic carbocycles. The minimum atomic E-state index is -1.12. The molecule has 1 fully saturated rings. The molecule has 3 atom stereocenters. The Labute approximate surface area is 249 Å². The van der Waals surface area contributed by atoms with Crippen LogP contribution in [0.5, 0.6) is 5.75 Å². The van der Waals surface area contributed by atoms with Crippen molar-refractivity contribution >= 4 is 35.4 Å². The van der Waals surface area contributed by atoms with Crippen molar-refractivity contribution in [2.24, 2.45) is 5.92 Å². The van der Waals surface area contributed by atoms with Crippen LogP contribution in [0.1, 0.15) is 31.4 Å². The van der Waals surface area contributed by atoms with Crippen molar-refractivity contribution in [1.29, 1.82) is 0 Å². The van der Waals surface area contributed by atoms with E-state index in [9.17, 15) is 33.9 Å². The highest BCUT2D eigenvalue weighted by Gasteiger charge is 2.29. The number of phenolic OH excluding ortho intramolecular Hbond substituents is 1. The van der Waals surface area contributed by atoms with Crippen molar-refractivity contribution in [2.75, 3.05) is 19.6 Å². The lowest BCUT2D eigenvalue weighted by Gasteiger charge is -2.25. The third kappa shape index (κ3) is 11.1. The minimum absolute atomic E-state index is 0.00139. The van der Waals surface area contributed by atoms with Crippen molar-refractivity contribution in [3.8, 4) is 5.75 Å². The minimum Gasteiger partial charge on any atom is -0.508 e. The molecule has 13 nitrogen and oxygen atoms in total. The van der Waals surface area contributed by atoms with Gasteiger partial charge in [0.1, 0.15) is 23.9 Å². The number of hydrogen-bond donors (Lipinski definition) is 7. The van der Waals surface area contributed by atoms with Gasteiger partial charge in [0.25, 0.3) is 0 Å². The maximum atomic E-state index is 13.4. The van der Waals surface area contributed by atoms with Gasteiger partial charge in [-0.2, -0.15) is 0 Å². The molecule has 1 heterocycles. The Hall–Kier alpha value is -4.94. The van der Waals surface area contributed by atoms with E-state index < -0.39 is 73.2 Å². The van der Waals surface area contributed by atoms with Crippen molar-refractivity contribution in [3.63, 3.8) is 0 Å². The molecule has 1 saturated heterocycles. The normalized spacial score (nSPS) is 21.3. The van der Waals surface area contributed by atoms with Gasteiger partial charge in [-0.1, -0.05) is 56.3 Å². The van der Waals surface area contributed by atoms with Gasteiger partial charge in [-0.3, -0.25) is 28.8 Å². The van der Waals surface area contributed by atoms with E-state index in [1.54, 1.807) is 36.4 Å². The standard InChI is InChI=1S/C30H38N6O7/c1-18(2)12-22-28(41)33-17-27(40)34-23(14-20-8-10-21(37)11-9-20)29(42)32-15-25(38)31-16-26(39)35-24(30(43)36-22)13-19-6-4-3-5-7-19/h3-11,18,22-24,37H,12-17H2,1-2H3,(H,31,38)(H,32,42)(H,33,41)(H,34,40)(H,35,39)(H,36,43)/t22-,23-,24-/m0/s1. The molecule has 1 aliphatic rings. The van der Waals surface area contributed by atoms with Gasteiger partial charge in [0, 0.05) is 12.8 Å². The highest BCUT2D eigenvalue weighted by atomic mass is 16.3. The van der Waals surface area contributed by atoms with Crippen molar-refractivity contribution in [3.05, 3.63) is 65.7 Å². The van der Waals surface area contributed by atoms with Crippen LogP contribution in [0.4, 0.5) is 0 Å². The Morgan fingerprint density at radius 1 is 0.605 bits per heavy atom. The third-order valence-corrected chi connectivity index (χ3v) is 6.59. The molecule has 2 aromatic rings. The number of hydrogen-bond acceptors (Lipinski definition) is 7. The molecule has 230 valence electrons. The van der Waals surface area contributed by atoms with Crippen LogP contribution >= 0.6 is 0 Å². The van der Waals surface area contributed by atoms with Gasteiger partial charge < -0.3 is 37.0 Å². The SMILES string of the molecule is CC(C)C[C@@H]1NC(=O)[C@H](Cc2ccccc2)NC(=O)CNC(=O)CNC(=O)[C@H](Cc2ccc(O)cc2)NC(=O)CNC1=O. The summed E-state index contributed by atoms with van der Waals surface area (Å²) in [5.74, 6) is -3.81. The number of aromatic hydroxyl groups is 1. The molecule has 0 unspecified atom stereocenters. The summed E-state index contributed by atoms with van der Waals surface area (Å²) < 4.78 is 0. The van der Waals surface area contributed by atoms with Crippen molar-refractivity contribution < 1.29 is 33.9 Å². The number of phenols is 1. The fourth-order valence-corrected chi connectivity index (χ4v) is 4.42. The van der Waals surface area contributed by atoms with E-state index in [4.69, 9.17) is 0 Å². The first kappa shape index (κ1) is 32.6. The van der Waals surface area contributed by atoms with Crippen LogP contribution in [-0.4, -0.2) is 78.3 Å². The molecule has 43 heavy (non-hydrogen) atoms. The van der Waals surface area contributed by atoms with Crippen LogP contribution in [0, 0.1) is 5.92 Å². The number of benzene rings is 2. The summed E-state index contributed by atoms with van der Waals surface area (Å²) in [6, 6.07) is 11.8. The molecule has 7 N–H and O–H groups in total. The summed E-state index contributed by atoms with van der Waals surface area (Å²) in [4.78, 5) is 77.4. The molecule has 0 saturated carbocycles. The van der Waals surface area contributed by atoms with Gasteiger partial charge >= 0.3 is 0 Å². The van der Waals surface area contributed by atoms with E-state index in [2.05, 4.69) is 31.9 Å². The average Bonchev–Trinajstić information content (AvgIpc) is 2.97. The zero-order valence-corrected chi connectivity index (χ0v) is 24.1. The summed E-state index contributed by atoms with van der Waals surface area (Å²) in [6.07, 6.45) is 0.418. The Balaban J connectivity index is 1.82. The molecule has 0 aromatic heterocycles. The lowest BCUT2D eigenvalue weighted by Crippen LogP contribution is -2.57. The van der Waals surface area contributed by atoms with E-state index >= 15 is 0 Å². The van der Waals surface area contributed by atoms with Crippen LogP contribution < -0.4 is 31.9 Å². The molecule has 0 bridgehead atoms. The second-order valence-corrected chi connectivity index (χ2v) is 10.7. The van der Waals surface area contributed by atoms with Gasteiger partial charge in [-0.25, -0.2) is 0 Å². The first-order valence-corrected chi connectivity index (χ1v) is 14.0. The van der Waals surface area contributed by atoms with Gasteiger partial charge in [0.05, 0.1) is 19.6 Å². The summed E-state index contributed by atoms with van der Waals surface area (Å²) in [5.41, 5.74) is 1.38. The lowest BCUT2D eigenvalue weighted by molar-refractivity contribution is -0.134. The second kappa shape index (κ2) is 15.9. The Morgan fingerprint density at radius 2 is 1.09 bits per heavy atom. The highest BCUT2D eigenvalue weighted by molar-refractivity contribution is 5.96. The number of amides is 6. The Kier molecular flexibility index (Phi) is 12.0. The fourth-order valence-electron chi connectivity index (χ4n) is 4.42. The van der Waals surface area contributed by atoms with Crippen LogP contribution in [0.25, 0.3) is 0 Å². The first-order chi connectivity index (χ1) is 20.5. The van der Waals surface area contributed by atoms with Gasteiger partial charge in [0.2, 0.25) is 35.4 Å². The monoisotopic (exact) mass is 594 g/mol. The second-order valence-electron chi connectivity index (χ2n) is 10.7. The van der Waals surface area contributed by atoms with Gasteiger partial charge in [0.15, 0.2) is 0 Å². The third-order valence-electron chi connectivity index (χ3n) is 6.59. The number of rotatable bonds is 6. The maximum absolute atomic E-state index is 13.4. The maximum Gasteiger partial charge on any atom is 0.243 e. The topological polar surface area (TPSA) is 195 Å². The quantitative estimate of drug-likeness (QED) is 0.224. The zero-order chi connectivity index (χ0) is 31.4. The highest BCUT2D eigenvalue weighted by Crippen LogP contribution is 2.12. The first-order valence-electron chi connectivity index (χ1n) is 14.0. The van der Waals surface area contributed by atoms with E-state index in [-0.39, 0.29) is 30.9 Å². The smallest absolute Gasteiger partial charge is 0.243 e. The molecular weight excluding hydrogens is 556 g/mol. The van der Waals surface area contributed by atoms with E-state index in [1.165, 1.54) is 12.1 Å². The fraction of sp³-hybridized carbons (Fsp3) is 0.400. The zero-order valence-electron chi connectivity index (χ0n) is 24.1. The van der Waals surface area contributed by atoms with Crippen LogP contribution in [0.3, 0.4) is 0 Å². The predicted octanol–water partition coefficient (Wildman–Crippen LogP) is -0.960. The Morgan fingerprint density at radius 3 is 1.67 bits per heavy atom. The molecule has 0 radical (unpaired) electrons. The average molecular weight is 595 g/mol. The van der Waals surface area contributed by atoms with Gasteiger partial charge in [-0.05, 0) is 35.6 Å². The van der Waals surface area contributed by atoms with E-state index in [0.29, 0.717) is 5.56 Å². The molecule has 2 aromatic carbocycles. The summed E-state index contributed by atoms with van der Waals surface area (Å²) in [7, 11) is 0. The predicted molar refractivity (Wildman–Crippen MR) is 156 cm³/mol. The van der Waals surface area contributed by atoms with Gasteiger partial charge in [-0.15, -0.1) is 0 Å². The van der Waals surface area contributed by atoms with Crippen LogP contribution in [0.2, 0.25) is 0 Å².